The molecule has 1 heterocycles. The van der Waals surface area contributed by atoms with Gasteiger partial charge in [0, 0.05) is 5.69 Å². The van der Waals surface area contributed by atoms with Crippen LogP contribution in [0.1, 0.15) is 10.4 Å². The Labute approximate surface area is 166 Å². The van der Waals surface area contributed by atoms with E-state index >= 15 is 0 Å². The number of benzene rings is 2. The van der Waals surface area contributed by atoms with E-state index in [0.717, 1.165) is 11.1 Å². The molecule has 0 aromatic heterocycles. The van der Waals surface area contributed by atoms with E-state index in [2.05, 4.69) is 0 Å². The van der Waals surface area contributed by atoms with Crippen molar-refractivity contribution in [2.75, 3.05) is 32.5 Å². The highest BCUT2D eigenvalue weighted by molar-refractivity contribution is 6.03. The monoisotopic (exact) mass is 397 g/mol. The summed E-state index contributed by atoms with van der Waals surface area (Å²) in [6.45, 7) is -0.00750. The van der Waals surface area contributed by atoms with Gasteiger partial charge in [-0.2, -0.15) is 0 Å². The van der Waals surface area contributed by atoms with Crippen molar-refractivity contribution >= 4 is 23.6 Å². The van der Waals surface area contributed by atoms with Gasteiger partial charge in [-0.1, -0.05) is 24.3 Å². The summed E-state index contributed by atoms with van der Waals surface area (Å²) in [6.07, 6.45) is 0. The summed E-state index contributed by atoms with van der Waals surface area (Å²) in [4.78, 5) is 37.1. The summed E-state index contributed by atoms with van der Waals surface area (Å²) in [5, 5.41) is 9.16. The van der Waals surface area contributed by atoms with Crippen LogP contribution in [0.5, 0.6) is 0 Å². The molecule has 0 amide bonds. The molecule has 8 heteroatoms. The summed E-state index contributed by atoms with van der Waals surface area (Å²) in [6, 6.07) is 13.6. The van der Waals surface area contributed by atoms with Crippen LogP contribution in [-0.2, 0) is 23.8 Å². The molecular formula is C21H19NO7. The number of carbonyl (C=O) groups is 3. The predicted octanol–water partition coefficient (Wildman–Crippen LogP) is 2.45. The zero-order chi connectivity index (χ0) is 21.0. The maximum absolute atomic E-state index is 12.3. The van der Waals surface area contributed by atoms with Crippen molar-refractivity contribution in [1.82, 2.24) is 0 Å². The molecule has 2 aromatic carbocycles. The van der Waals surface area contributed by atoms with E-state index < -0.39 is 17.9 Å². The molecule has 1 aliphatic heterocycles. The van der Waals surface area contributed by atoms with E-state index in [1.807, 2.05) is 0 Å². The maximum Gasteiger partial charge on any atom is 0.355 e. The van der Waals surface area contributed by atoms with Crippen molar-refractivity contribution in [2.24, 2.45) is 0 Å². The molecule has 0 spiro atoms. The largest absolute Gasteiger partial charge is 0.478 e. The fraction of sp³-hybridized carbons (Fsp3) is 0.190. The van der Waals surface area contributed by atoms with Crippen LogP contribution < -0.4 is 4.90 Å². The number of hydrogen-bond donors (Lipinski definition) is 1. The van der Waals surface area contributed by atoms with Gasteiger partial charge >= 0.3 is 17.9 Å². The third-order valence-corrected chi connectivity index (χ3v) is 4.45. The second kappa shape index (κ2) is 8.57. The van der Waals surface area contributed by atoms with E-state index in [-0.39, 0.29) is 30.2 Å². The molecule has 0 unspecified atom stereocenters. The molecule has 3 rings (SSSR count). The number of carbonyl (C=O) groups excluding carboxylic acids is 2. The highest BCUT2D eigenvalue weighted by Crippen LogP contribution is 2.29. The van der Waals surface area contributed by atoms with Gasteiger partial charge in [0.2, 0.25) is 0 Å². The fourth-order valence-corrected chi connectivity index (χ4v) is 3.01. The minimum Gasteiger partial charge on any atom is -0.478 e. The first-order valence-electron chi connectivity index (χ1n) is 8.65. The van der Waals surface area contributed by atoms with Crippen LogP contribution in [0.25, 0.3) is 11.1 Å². The van der Waals surface area contributed by atoms with Gasteiger partial charge in [0.05, 0.1) is 32.0 Å². The minimum atomic E-state index is -1.00. The zero-order valence-corrected chi connectivity index (χ0v) is 15.9. The van der Waals surface area contributed by atoms with Crippen molar-refractivity contribution in [3.05, 3.63) is 65.4 Å². The number of nitrogens with zero attached hydrogens (tertiary/aromatic N) is 1. The highest BCUT2D eigenvalue weighted by Gasteiger charge is 2.32. The van der Waals surface area contributed by atoms with E-state index in [0.29, 0.717) is 5.69 Å². The minimum absolute atomic E-state index is 0.0543. The molecular weight excluding hydrogens is 378 g/mol. The zero-order valence-electron chi connectivity index (χ0n) is 15.9. The number of carboxylic acids is 1. The molecule has 1 N–H and O–H groups in total. The molecule has 0 fully saturated rings. The number of hydrogen-bond acceptors (Lipinski definition) is 7. The van der Waals surface area contributed by atoms with Crippen LogP contribution in [0.15, 0.2) is 59.8 Å². The molecule has 1 aliphatic rings. The lowest BCUT2D eigenvalue weighted by atomic mass is 10.0. The summed E-state index contributed by atoms with van der Waals surface area (Å²) < 4.78 is 15.0. The molecule has 0 bridgehead atoms. The van der Waals surface area contributed by atoms with Crippen molar-refractivity contribution in [3.63, 3.8) is 0 Å². The lowest BCUT2D eigenvalue weighted by Crippen LogP contribution is -2.38. The van der Waals surface area contributed by atoms with Gasteiger partial charge < -0.3 is 24.2 Å². The number of rotatable bonds is 5. The van der Waals surface area contributed by atoms with E-state index in [4.69, 9.17) is 19.3 Å². The van der Waals surface area contributed by atoms with Crippen LogP contribution in [0, 0.1) is 0 Å². The van der Waals surface area contributed by atoms with Gasteiger partial charge in [-0.05, 0) is 35.4 Å². The maximum atomic E-state index is 12.3. The summed E-state index contributed by atoms with van der Waals surface area (Å²) in [5.41, 5.74) is 2.46. The molecule has 29 heavy (non-hydrogen) atoms. The smallest absolute Gasteiger partial charge is 0.355 e. The second-order valence-electron chi connectivity index (χ2n) is 6.15. The average Bonchev–Trinajstić information content (AvgIpc) is 2.77. The molecule has 150 valence electrons. The Morgan fingerprint density at radius 3 is 2.28 bits per heavy atom. The van der Waals surface area contributed by atoms with Crippen LogP contribution in [0.3, 0.4) is 0 Å². The second-order valence-corrected chi connectivity index (χ2v) is 6.15. The molecule has 0 radical (unpaired) electrons. The fourth-order valence-electron chi connectivity index (χ4n) is 3.01. The number of ether oxygens (including phenoxy) is 3. The molecule has 8 nitrogen and oxygen atoms in total. The molecule has 0 aliphatic carbocycles. The highest BCUT2D eigenvalue weighted by atomic mass is 16.5. The third kappa shape index (κ3) is 4.12. The lowest BCUT2D eigenvalue weighted by molar-refractivity contribution is -0.140. The van der Waals surface area contributed by atoms with Gasteiger partial charge in [-0.25, -0.2) is 14.4 Å². The Hall–Kier alpha value is -3.65. The first-order valence-corrected chi connectivity index (χ1v) is 8.65. The number of methoxy groups -OCH3 is 2. The molecule has 0 atom stereocenters. The molecule has 0 saturated heterocycles. The average molecular weight is 397 g/mol. The van der Waals surface area contributed by atoms with Crippen LogP contribution in [0.2, 0.25) is 0 Å². The van der Waals surface area contributed by atoms with Crippen molar-refractivity contribution in [1.29, 1.82) is 0 Å². The first kappa shape index (κ1) is 20.1. The predicted molar refractivity (Wildman–Crippen MR) is 103 cm³/mol. The standard InChI is InChI=1S/C21H19NO7/c1-27-20(25)17-11-29-12-22(18(17)21(26)28-2)16-8-6-13(7-9-16)14-4-3-5-15(10-14)19(23)24/h3-10H,11-12H2,1-2H3,(H,23,24). The Morgan fingerprint density at radius 1 is 0.966 bits per heavy atom. The first-order chi connectivity index (χ1) is 14.0. The van der Waals surface area contributed by atoms with Gasteiger partial charge in [-0.15, -0.1) is 0 Å². The van der Waals surface area contributed by atoms with E-state index in [9.17, 15) is 14.4 Å². The number of esters is 2. The van der Waals surface area contributed by atoms with Crippen LogP contribution in [-0.4, -0.2) is 50.6 Å². The summed E-state index contributed by atoms with van der Waals surface area (Å²) in [5.74, 6) is -2.35. The van der Waals surface area contributed by atoms with Crippen molar-refractivity contribution in [3.8, 4) is 11.1 Å². The van der Waals surface area contributed by atoms with Crippen LogP contribution in [0.4, 0.5) is 5.69 Å². The van der Waals surface area contributed by atoms with Crippen LogP contribution >= 0.6 is 0 Å². The third-order valence-electron chi connectivity index (χ3n) is 4.45. The van der Waals surface area contributed by atoms with E-state index in [1.54, 1.807) is 42.5 Å². The Morgan fingerprint density at radius 2 is 1.66 bits per heavy atom. The van der Waals surface area contributed by atoms with Gasteiger partial charge in [0.25, 0.3) is 0 Å². The summed E-state index contributed by atoms with van der Waals surface area (Å²) in [7, 11) is 2.46. The Kier molecular flexibility index (Phi) is 5.94. The summed E-state index contributed by atoms with van der Waals surface area (Å²) >= 11 is 0. The normalized spacial score (nSPS) is 13.8. The number of aromatic carboxylic acids is 1. The topological polar surface area (TPSA) is 102 Å². The van der Waals surface area contributed by atoms with E-state index in [1.165, 1.54) is 25.2 Å². The number of anilines is 1. The molecule has 2 aromatic rings. The van der Waals surface area contributed by atoms with Gasteiger partial charge in [0.15, 0.2) is 0 Å². The SMILES string of the molecule is COC(=O)C1=C(C(=O)OC)N(c2ccc(-c3cccc(C(=O)O)c3)cc2)COC1. The number of carboxylic acid groups (broad SMARTS) is 1. The Balaban J connectivity index is 1.98. The quantitative estimate of drug-likeness (QED) is 0.768. The van der Waals surface area contributed by atoms with Gasteiger partial charge in [-0.3, -0.25) is 0 Å². The lowest BCUT2D eigenvalue weighted by Gasteiger charge is -2.31. The molecule has 0 saturated carbocycles. The van der Waals surface area contributed by atoms with Crippen molar-refractivity contribution in [2.45, 2.75) is 0 Å². The Bertz CT molecular complexity index is 979. The van der Waals surface area contributed by atoms with Crippen molar-refractivity contribution < 1.29 is 33.7 Å². The van der Waals surface area contributed by atoms with Gasteiger partial charge in [0.1, 0.15) is 12.4 Å².